The van der Waals surface area contributed by atoms with Crippen molar-refractivity contribution in [3.8, 4) is 11.5 Å². The summed E-state index contributed by atoms with van der Waals surface area (Å²) in [7, 11) is 3.03. The Bertz CT molecular complexity index is 1690. The van der Waals surface area contributed by atoms with Crippen LogP contribution in [0.5, 0.6) is 11.5 Å². The Morgan fingerprint density at radius 1 is 0.818 bits per heavy atom. The van der Waals surface area contributed by atoms with Crippen LogP contribution in [0.15, 0.2) is 108 Å². The molecule has 4 aromatic carbocycles. The van der Waals surface area contributed by atoms with E-state index in [1.54, 1.807) is 78.9 Å². The fourth-order valence-electron chi connectivity index (χ4n) is 3.96. The third-order valence-corrected chi connectivity index (χ3v) is 7.05. The molecule has 0 aliphatic carbocycles. The van der Waals surface area contributed by atoms with Gasteiger partial charge in [0.05, 0.1) is 30.5 Å². The SMILES string of the molecule is COc1cc(NC(=O)CSc2cccc(NC(=O)/C(=C\c3ccccc3[N+](=O)[O-])NC(=O)c3ccccc3)c2)cc(OC)c1. The lowest BCUT2D eigenvalue weighted by molar-refractivity contribution is -0.385. The number of carbonyl (C=O) groups is 3. The van der Waals surface area contributed by atoms with Gasteiger partial charge in [0, 0.05) is 46.1 Å². The van der Waals surface area contributed by atoms with Crippen LogP contribution in [0, 0.1) is 10.1 Å². The normalized spacial score (nSPS) is 10.8. The van der Waals surface area contributed by atoms with Gasteiger partial charge in [0.15, 0.2) is 0 Å². The lowest BCUT2D eigenvalue weighted by Gasteiger charge is -2.12. The van der Waals surface area contributed by atoms with E-state index < -0.39 is 16.7 Å². The molecule has 0 atom stereocenters. The molecule has 11 nitrogen and oxygen atoms in total. The van der Waals surface area contributed by atoms with Crippen molar-refractivity contribution in [1.29, 1.82) is 0 Å². The van der Waals surface area contributed by atoms with Crippen LogP contribution in [-0.2, 0) is 9.59 Å². The van der Waals surface area contributed by atoms with Gasteiger partial charge in [-0.1, -0.05) is 36.4 Å². The molecule has 0 heterocycles. The van der Waals surface area contributed by atoms with Gasteiger partial charge in [-0.15, -0.1) is 11.8 Å². The fourth-order valence-corrected chi connectivity index (χ4v) is 4.72. The Balaban J connectivity index is 1.48. The lowest BCUT2D eigenvalue weighted by Crippen LogP contribution is -2.30. The quantitative estimate of drug-likeness (QED) is 0.0792. The number of anilines is 2. The average Bonchev–Trinajstić information content (AvgIpc) is 3.04. The summed E-state index contributed by atoms with van der Waals surface area (Å²) in [5.41, 5.74) is 0.927. The lowest BCUT2D eigenvalue weighted by atomic mass is 10.1. The number of ether oxygens (including phenoxy) is 2. The highest BCUT2D eigenvalue weighted by Gasteiger charge is 2.18. The molecular weight excluding hydrogens is 584 g/mol. The molecule has 224 valence electrons. The summed E-state index contributed by atoms with van der Waals surface area (Å²) in [5.74, 6) is -0.378. The molecule has 12 heteroatoms. The predicted octanol–water partition coefficient (Wildman–Crippen LogP) is 5.75. The van der Waals surface area contributed by atoms with E-state index in [2.05, 4.69) is 16.0 Å². The first-order valence-corrected chi connectivity index (χ1v) is 14.1. The monoisotopic (exact) mass is 612 g/mol. The zero-order valence-corrected chi connectivity index (χ0v) is 24.6. The van der Waals surface area contributed by atoms with Gasteiger partial charge in [-0.05, 0) is 42.5 Å². The number of rotatable bonds is 12. The van der Waals surface area contributed by atoms with Crippen molar-refractivity contribution in [3.05, 3.63) is 124 Å². The van der Waals surface area contributed by atoms with E-state index >= 15 is 0 Å². The first-order valence-electron chi connectivity index (χ1n) is 13.1. The second-order valence-electron chi connectivity index (χ2n) is 9.11. The van der Waals surface area contributed by atoms with Crippen molar-refractivity contribution in [2.75, 3.05) is 30.6 Å². The summed E-state index contributed by atoms with van der Waals surface area (Å²) in [5, 5.41) is 19.7. The Morgan fingerprint density at radius 3 is 2.18 bits per heavy atom. The van der Waals surface area contributed by atoms with Gasteiger partial charge >= 0.3 is 0 Å². The molecule has 0 aliphatic heterocycles. The van der Waals surface area contributed by atoms with Gasteiger partial charge in [-0.2, -0.15) is 0 Å². The molecule has 0 aromatic heterocycles. The van der Waals surface area contributed by atoms with E-state index in [0.29, 0.717) is 33.3 Å². The standard InChI is InChI=1S/C32H28N4O7S/c1-42-25-16-24(17-26(19-25)43-2)33-30(37)20-44-27-13-8-12-23(18-27)34-32(39)28(35-31(38)21-9-4-3-5-10-21)15-22-11-6-7-14-29(22)36(40)41/h3-19H,20H2,1-2H3,(H,33,37)(H,34,39)(H,35,38)/b28-15+. The third kappa shape index (κ3) is 8.69. The Kier molecular flexibility index (Phi) is 10.7. The molecule has 0 unspecified atom stereocenters. The topological polar surface area (TPSA) is 149 Å². The second-order valence-corrected chi connectivity index (χ2v) is 10.2. The zero-order valence-electron chi connectivity index (χ0n) is 23.7. The first-order chi connectivity index (χ1) is 21.2. The van der Waals surface area contributed by atoms with E-state index in [4.69, 9.17) is 9.47 Å². The highest BCUT2D eigenvalue weighted by molar-refractivity contribution is 8.00. The Hall–Kier alpha value is -5.62. The van der Waals surface area contributed by atoms with E-state index in [9.17, 15) is 24.5 Å². The van der Waals surface area contributed by atoms with Crippen LogP contribution < -0.4 is 25.4 Å². The smallest absolute Gasteiger partial charge is 0.276 e. The van der Waals surface area contributed by atoms with Crippen LogP contribution in [0.1, 0.15) is 15.9 Å². The highest BCUT2D eigenvalue weighted by atomic mass is 32.2. The van der Waals surface area contributed by atoms with Gasteiger partial charge in [-0.3, -0.25) is 24.5 Å². The van der Waals surface area contributed by atoms with Gasteiger partial charge in [0.1, 0.15) is 17.2 Å². The Labute approximate surface area is 257 Å². The molecule has 3 N–H and O–H groups in total. The molecule has 0 saturated heterocycles. The number of para-hydroxylation sites is 1. The fraction of sp³-hybridized carbons (Fsp3) is 0.0938. The number of nitro groups is 1. The number of hydrogen-bond donors (Lipinski definition) is 3. The number of nitrogens with one attached hydrogen (secondary N) is 3. The molecule has 0 spiro atoms. The number of benzene rings is 4. The van der Waals surface area contributed by atoms with Crippen molar-refractivity contribution >= 4 is 52.6 Å². The van der Waals surface area contributed by atoms with Crippen LogP contribution in [0.3, 0.4) is 0 Å². The third-order valence-electron chi connectivity index (χ3n) is 6.06. The van der Waals surface area contributed by atoms with Gasteiger partial charge in [0.2, 0.25) is 5.91 Å². The van der Waals surface area contributed by atoms with Crippen molar-refractivity contribution in [2.45, 2.75) is 4.90 Å². The highest BCUT2D eigenvalue weighted by Crippen LogP contribution is 2.27. The van der Waals surface area contributed by atoms with E-state index in [1.165, 1.54) is 50.3 Å². The molecule has 0 bridgehead atoms. The van der Waals surface area contributed by atoms with Crippen molar-refractivity contribution in [2.24, 2.45) is 0 Å². The molecule has 0 radical (unpaired) electrons. The number of amides is 3. The predicted molar refractivity (Wildman–Crippen MR) is 169 cm³/mol. The van der Waals surface area contributed by atoms with Gasteiger partial charge in [0.25, 0.3) is 17.5 Å². The van der Waals surface area contributed by atoms with Gasteiger partial charge in [-0.25, -0.2) is 0 Å². The van der Waals surface area contributed by atoms with Gasteiger partial charge < -0.3 is 25.4 Å². The summed E-state index contributed by atoms with van der Waals surface area (Å²) in [6.45, 7) is 0. The maximum atomic E-state index is 13.4. The summed E-state index contributed by atoms with van der Waals surface area (Å²) < 4.78 is 10.5. The second kappa shape index (κ2) is 15.0. The number of thioether (sulfide) groups is 1. The van der Waals surface area contributed by atoms with Crippen molar-refractivity contribution in [3.63, 3.8) is 0 Å². The summed E-state index contributed by atoms with van der Waals surface area (Å²) in [6.07, 6.45) is 1.25. The van der Waals surface area contributed by atoms with Crippen LogP contribution >= 0.6 is 11.8 Å². The molecule has 4 rings (SSSR count). The average molecular weight is 613 g/mol. The molecule has 0 aliphatic rings. The van der Waals surface area contributed by atoms with Crippen molar-refractivity contribution < 1.29 is 28.8 Å². The largest absolute Gasteiger partial charge is 0.497 e. The molecule has 4 aromatic rings. The number of hydrogen-bond acceptors (Lipinski definition) is 8. The summed E-state index contributed by atoms with van der Waals surface area (Å²) in [6, 6.07) is 26.0. The van der Waals surface area contributed by atoms with Crippen LogP contribution in [0.25, 0.3) is 6.08 Å². The molecule has 3 amide bonds. The zero-order chi connectivity index (χ0) is 31.5. The number of nitrogens with zero attached hydrogens (tertiary/aromatic N) is 1. The van der Waals surface area contributed by atoms with Crippen LogP contribution in [-0.4, -0.2) is 42.6 Å². The number of nitro benzene ring substituents is 1. The van der Waals surface area contributed by atoms with Crippen molar-refractivity contribution in [1.82, 2.24) is 5.32 Å². The Morgan fingerprint density at radius 2 is 1.50 bits per heavy atom. The van der Waals surface area contributed by atoms with E-state index in [1.807, 2.05) is 0 Å². The van der Waals surface area contributed by atoms with E-state index in [-0.39, 0.29) is 28.6 Å². The maximum Gasteiger partial charge on any atom is 0.276 e. The van der Waals surface area contributed by atoms with E-state index in [0.717, 1.165) is 0 Å². The maximum absolute atomic E-state index is 13.4. The molecule has 0 saturated carbocycles. The number of carbonyl (C=O) groups excluding carboxylic acids is 3. The minimum absolute atomic E-state index is 0.0763. The van der Waals surface area contributed by atoms with Crippen LogP contribution in [0.2, 0.25) is 0 Å². The van der Waals surface area contributed by atoms with Crippen LogP contribution in [0.4, 0.5) is 17.1 Å². The molecule has 0 fully saturated rings. The first kappa shape index (κ1) is 31.3. The summed E-state index contributed by atoms with van der Waals surface area (Å²) in [4.78, 5) is 50.6. The summed E-state index contributed by atoms with van der Waals surface area (Å²) >= 11 is 1.25. The number of methoxy groups -OCH3 is 2. The minimum Gasteiger partial charge on any atom is -0.497 e. The minimum atomic E-state index is -0.695. The molecular formula is C32H28N4O7S. The molecule has 44 heavy (non-hydrogen) atoms.